The van der Waals surface area contributed by atoms with E-state index in [0.717, 1.165) is 15.6 Å². The van der Waals surface area contributed by atoms with Gasteiger partial charge in [-0.2, -0.15) is 0 Å². The molecule has 0 aromatic heterocycles. The lowest BCUT2D eigenvalue weighted by Crippen LogP contribution is -2.03. The van der Waals surface area contributed by atoms with E-state index in [9.17, 15) is 4.79 Å². The summed E-state index contributed by atoms with van der Waals surface area (Å²) in [6, 6.07) is 11.0. The van der Waals surface area contributed by atoms with Crippen LogP contribution in [0, 0.1) is 6.92 Å². The van der Waals surface area contributed by atoms with Gasteiger partial charge in [-0.25, -0.2) is 0 Å². The second-order valence-electron chi connectivity index (χ2n) is 4.35. The molecular formula is C15H10Br3ClO. The monoisotopic (exact) mass is 478 g/mol. The van der Waals surface area contributed by atoms with Crippen LogP contribution in [0.2, 0.25) is 5.02 Å². The Labute approximate surface area is 148 Å². The van der Waals surface area contributed by atoms with Crippen LogP contribution in [0.15, 0.2) is 40.9 Å². The molecule has 0 saturated carbocycles. The predicted molar refractivity (Wildman–Crippen MR) is 94.4 cm³/mol. The van der Waals surface area contributed by atoms with E-state index < -0.39 is 0 Å². The van der Waals surface area contributed by atoms with Gasteiger partial charge >= 0.3 is 0 Å². The van der Waals surface area contributed by atoms with E-state index in [4.69, 9.17) is 11.6 Å². The van der Waals surface area contributed by atoms with Crippen molar-refractivity contribution in [3.8, 4) is 0 Å². The minimum absolute atomic E-state index is 0.0500. The van der Waals surface area contributed by atoms with Crippen LogP contribution >= 0.6 is 59.4 Å². The van der Waals surface area contributed by atoms with Crippen molar-refractivity contribution in [3.05, 3.63) is 68.1 Å². The van der Waals surface area contributed by atoms with Crippen molar-refractivity contribution >= 4 is 65.2 Å². The molecule has 0 heterocycles. The van der Waals surface area contributed by atoms with Crippen LogP contribution in [0.3, 0.4) is 0 Å². The van der Waals surface area contributed by atoms with Crippen LogP contribution in [0.4, 0.5) is 0 Å². The van der Waals surface area contributed by atoms with Gasteiger partial charge in [-0.15, -0.1) is 0 Å². The van der Waals surface area contributed by atoms with Gasteiger partial charge < -0.3 is 0 Å². The van der Waals surface area contributed by atoms with Crippen molar-refractivity contribution in [1.29, 1.82) is 0 Å². The predicted octanol–water partition coefficient (Wildman–Crippen LogP) is 6.43. The van der Waals surface area contributed by atoms with Crippen LogP contribution in [-0.4, -0.2) is 5.78 Å². The molecule has 0 spiro atoms. The highest BCUT2D eigenvalue weighted by Crippen LogP contribution is 2.37. The van der Waals surface area contributed by atoms with Gasteiger partial charge in [0.15, 0.2) is 5.78 Å². The molecule has 0 amide bonds. The molecule has 2 aromatic rings. The second kappa shape index (κ2) is 6.73. The molecule has 0 fully saturated rings. The number of rotatable bonds is 3. The normalized spacial score (nSPS) is 10.9. The summed E-state index contributed by atoms with van der Waals surface area (Å²) in [6.07, 6.45) is 0. The Hall–Kier alpha value is -0.160. The Morgan fingerprint density at radius 3 is 2.30 bits per heavy atom. The van der Waals surface area contributed by atoms with Gasteiger partial charge in [0.25, 0.3) is 0 Å². The summed E-state index contributed by atoms with van der Waals surface area (Å²) in [5.74, 6) is -0.0500. The van der Waals surface area contributed by atoms with E-state index in [0.29, 0.717) is 16.1 Å². The van der Waals surface area contributed by atoms with Crippen molar-refractivity contribution in [2.75, 3.05) is 0 Å². The highest BCUT2D eigenvalue weighted by Gasteiger charge is 2.17. The molecule has 0 N–H and O–H groups in total. The lowest BCUT2D eigenvalue weighted by atomic mass is 10.0. The summed E-state index contributed by atoms with van der Waals surface area (Å²) in [7, 11) is 0. The third-order valence-corrected chi connectivity index (χ3v) is 4.85. The summed E-state index contributed by atoms with van der Waals surface area (Å²) >= 11 is 16.5. The van der Waals surface area contributed by atoms with Crippen molar-refractivity contribution in [1.82, 2.24) is 0 Å². The number of carbonyl (C=O) groups excluding carboxylic acids is 1. The van der Waals surface area contributed by atoms with Crippen LogP contribution in [0.25, 0.3) is 0 Å². The highest BCUT2D eigenvalue weighted by atomic mass is 79.9. The maximum Gasteiger partial charge on any atom is 0.194 e. The highest BCUT2D eigenvalue weighted by molar-refractivity contribution is 9.24. The molecule has 5 heteroatoms. The van der Waals surface area contributed by atoms with Gasteiger partial charge in [0.05, 0.1) is 3.74 Å². The average molecular weight is 481 g/mol. The van der Waals surface area contributed by atoms with Crippen molar-refractivity contribution in [2.24, 2.45) is 0 Å². The zero-order valence-corrected chi connectivity index (χ0v) is 16.0. The maximum atomic E-state index is 12.5. The van der Waals surface area contributed by atoms with Crippen molar-refractivity contribution in [2.45, 2.75) is 10.7 Å². The van der Waals surface area contributed by atoms with E-state index >= 15 is 0 Å². The Balaban J connectivity index is 2.45. The quantitative estimate of drug-likeness (QED) is 0.365. The van der Waals surface area contributed by atoms with Gasteiger partial charge in [0.1, 0.15) is 0 Å². The third-order valence-electron chi connectivity index (χ3n) is 2.88. The summed E-state index contributed by atoms with van der Waals surface area (Å²) in [4.78, 5) is 12.5. The molecule has 0 atom stereocenters. The minimum Gasteiger partial charge on any atom is -0.289 e. The number of hydrogen-bond donors (Lipinski definition) is 0. The third kappa shape index (κ3) is 3.53. The Bertz CT molecular complexity index is 651. The molecule has 1 nitrogen and oxygen atoms in total. The summed E-state index contributed by atoms with van der Waals surface area (Å²) in [6.45, 7) is 1.99. The topological polar surface area (TPSA) is 17.1 Å². The molecule has 0 bridgehead atoms. The van der Waals surface area contributed by atoms with Crippen LogP contribution < -0.4 is 0 Å². The molecule has 0 saturated heterocycles. The Morgan fingerprint density at radius 2 is 1.75 bits per heavy atom. The Morgan fingerprint density at radius 1 is 1.15 bits per heavy atom. The molecular weight excluding hydrogens is 471 g/mol. The molecule has 0 aliphatic carbocycles. The number of hydrogen-bond acceptors (Lipinski definition) is 1. The fourth-order valence-corrected chi connectivity index (χ4v) is 3.60. The zero-order valence-electron chi connectivity index (χ0n) is 10.5. The minimum atomic E-state index is -0.0534. The zero-order chi connectivity index (χ0) is 14.9. The molecule has 0 aliphatic rings. The fraction of sp³-hybridized carbons (Fsp3) is 0.133. The Kier molecular flexibility index (Phi) is 5.46. The molecule has 2 rings (SSSR count). The first kappa shape index (κ1) is 16.2. The van der Waals surface area contributed by atoms with Crippen LogP contribution in [0.1, 0.15) is 30.8 Å². The smallest absolute Gasteiger partial charge is 0.194 e. The molecule has 0 aliphatic heterocycles. The number of ketones is 1. The average Bonchev–Trinajstić information content (AvgIpc) is 2.40. The van der Waals surface area contributed by atoms with Gasteiger partial charge in [-0.3, -0.25) is 4.79 Å². The lowest BCUT2D eigenvalue weighted by Gasteiger charge is -2.10. The lowest BCUT2D eigenvalue weighted by molar-refractivity contribution is 0.103. The van der Waals surface area contributed by atoms with Crippen LogP contribution in [-0.2, 0) is 0 Å². The van der Waals surface area contributed by atoms with Crippen LogP contribution in [0.5, 0.6) is 0 Å². The van der Waals surface area contributed by atoms with E-state index in [1.54, 1.807) is 6.07 Å². The molecule has 2 aromatic carbocycles. The number of aryl methyl sites for hydroxylation is 1. The first-order valence-corrected chi connectivity index (χ1v) is 8.79. The summed E-state index contributed by atoms with van der Waals surface area (Å²) in [5.41, 5.74) is 3.20. The number of carbonyl (C=O) groups is 1. The SMILES string of the molecule is Cc1ccc(C(=O)c2cc(Cl)c(C(Br)Br)cc2Br)cc1. The van der Waals surface area contributed by atoms with E-state index in [2.05, 4.69) is 47.8 Å². The molecule has 0 unspecified atom stereocenters. The number of benzene rings is 2. The van der Waals surface area contributed by atoms with E-state index in [1.165, 1.54) is 0 Å². The van der Waals surface area contributed by atoms with Gasteiger partial charge in [-0.05, 0) is 24.6 Å². The molecule has 104 valence electrons. The van der Waals surface area contributed by atoms with Crippen molar-refractivity contribution < 1.29 is 4.79 Å². The van der Waals surface area contributed by atoms with Gasteiger partial charge in [0, 0.05) is 20.6 Å². The first-order chi connectivity index (χ1) is 9.40. The fourth-order valence-electron chi connectivity index (χ4n) is 1.76. The first-order valence-electron chi connectivity index (χ1n) is 5.78. The van der Waals surface area contributed by atoms with Crippen molar-refractivity contribution in [3.63, 3.8) is 0 Å². The number of halogens is 4. The summed E-state index contributed by atoms with van der Waals surface area (Å²) < 4.78 is 0.675. The molecule has 20 heavy (non-hydrogen) atoms. The van der Waals surface area contributed by atoms with Gasteiger partial charge in [-0.1, -0.05) is 89.2 Å². The standard InChI is InChI=1S/C15H10Br3ClO/c1-8-2-4-9(5-3-8)14(20)10-7-13(19)11(15(17)18)6-12(10)16/h2-7,15H,1H3. The van der Waals surface area contributed by atoms with E-state index in [1.807, 2.05) is 37.3 Å². The largest absolute Gasteiger partial charge is 0.289 e. The molecule has 0 radical (unpaired) electrons. The second-order valence-corrected chi connectivity index (χ2v) is 8.67. The van der Waals surface area contributed by atoms with Gasteiger partial charge in [0.2, 0.25) is 0 Å². The number of alkyl halides is 2. The maximum absolute atomic E-state index is 12.5. The summed E-state index contributed by atoms with van der Waals surface area (Å²) in [5, 5.41) is 0.544. The van der Waals surface area contributed by atoms with E-state index in [-0.39, 0.29) is 9.52 Å².